The van der Waals surface area contributed by atoms with Crippen LogP contribution in [0.2, 0.25) is 0 Å². The van der Waals surface area contributed by atoms with E-state index >= 15 is 0 Å². The van der Waals surface area contributed by atoms with Gasteiger partial charge in [0.1, 0.15) is 6.10 Å². The molecule has 0 heterocycles. The molecule has 1 nitrogen and oxygen atoms in total. The summed E-state index contributed by atoms with van der Waals surface area (Å²) in [6.45, 7) is 0.513. The van der Waals surface area contributed by atoms with E-state index in [0.29, 0.717) is 18.1 Å². The highest BCUT2D eigenvalue weighted by atomic mass is 35.5. The van der Waals surface area contributed by atoms with Crippen LogP contribution in [0.5, 0.6) is 0 Å². The van der Waals surface area contributed by atoms with Gasteiger partial charge in [-0.1, -0.05) is 60.7 Å². The molecule has 112 valence electrons. The van der Waals surface area contributed by atoms with Gasteiger partial charge in [-0.2, -0.15) is 0 Å². The highest BCUT2D eigenvalue weighted by Gasteiger charge is 2.25. The second-order valence-electron chi connectivity index (χ2n) is 4.91. The lowest BCUT2D eigenvalue weighted by molar-refractivity contribution is -0.00626. The van der Waals surface area contributed by atoms with E-state index in [1.54, 1.807) is 12.1 Å². The summed E-state index contributed by atoms with van der Waals surface area (Å²) in [5, 5.41) is 0. The quantitative estimate of drug-likeness (QED) is 0.464. The number of hydrogen-bond acceptors (Lipinski definition) is 1. The average Bonchev–Trinajstić information content (AvgIpc) is 2.56. The third kappa shape index (κ3) is 4.83. The van der Waals surface area contributed by atoms with Crippen molar-refractivity contribution in [3.05, 3.63) is 71.8 Å². The van der Waals surface area contributed by atoms with Crippen molar-refractivity contribution in [1.29, 1.82) is 0 Å². The summed E-state index contributed by atoms with van der Waals surface area (Å²) in [5.41, 5.74) is 1.50. The van der Waals surface area contributed by atoms with Crippen LogP contribution < -0.4 is 0 Å². The van der Waals surface area contributed by atoms with E-state index in [1.165, 1.54) is 0 Å². The summed E-state index contributed by atoms with van der Waals surface area (Å²) in [6.07, 6.45) is -0.0341. The molecule has 0 bridgehead atoms. The van der Waals surface area contributed by atoms with Gasteiger partial charge >= 0.3 is 0 Å². The van der Waals surface area contributed by atoms with Crippen molar-refractivity contribution in [2.45, 2.75) is 25.1 Å². The van der Waals surface area contributed by atoms with Crippen molar-refractivity contribution in [2.75, 3.05) is 12.5 Å². The molecule has 0 spiro atoms. The molecule has 0 fully saturated rings. The summed E-state index contributed by atoms with van der Waals surface area (Å²) in [5.74, 6) is 0.608. The second kappa shape index (κ2) is 8.81. The fourth-order valence-corrected chi connectivity index (χ4v) is 2.40. The predicted octanol–water partition coefficient (Wildman–Crippen LogP) is 5.47. The topological polar surface area (TPSA) is 9.23 Å². The largest absolute Gasteiger partial charge is 0.370 e. The first kappa shape index (κ1) is 16.0. The molecule has 0 amide bonds. The molecule has 2 rings (SSSR count). The van der Waals surface area contributed by atoms with Gasteiger partial charge in [0.05, 0.1) is 0 Å². The fraction of sp³-hybridized carbons (Fsp3) is 0.333. The molecule has 2 atom stereocenters. The van der Waals surface area contributed by atoms with Crippen molar-refractivity contribution in [3.63, 3.8) is 0 Å². The van der Waals surface area contributed by atoms with Crippen LogP contribution in [0.1, 0.15) is 36.2 Å². The minimum atomic E-state index is -1.18. The Balaban J connectivity index is 2.11. The van der Waals surface area contributed by atoms with Crippen LogP contribution in [0.15, 0.2) is 60.7 Å². The van der Waals surface area contributed by atoms with E-state index in [0.717, 1.165) is 18.4 Å². The molecular formula is C18H20ClFO. The maximum absolute atomic E-state index is 14.8. The number of unbranched alkanes of at least 4 members (excludes halogenated alkanes) is 1. The summed E-state index contributed by atoms with van der Waals surface area (Å²) < 4.78 is 20.7. The van der Waals surface area contributed by atoms with Crippen LogP contribution in [0.4, 0.5) is 4.39 Å². The Kier molecular flexibility index (Phi) is 6.71. The monoisotopic (exact) mass is 306 g/mol. The van der Waals surface area contributed by atoms with Crippen LogP contribution >= 0.6 is 11.6 Å². The predicted molar refractivity (Wildman–Crippen MR) is 85.4 cm³/mol. The van der Waals surface area contributed by atoms with Gasteiger partial charge in [-0.15, -0.1) is 11.6 Å². The zero-order valence-electron chi connectivity index (χ0n) is 11.9. The van der Waals surface area contributed by atoms with Crippen molar-refractivity contribution in [1.82, 2.24) is 0 Å². The number of rotatable bonds is 8. The normalized spacial score (nSPS) is 13.8. The highest BCUT2D eigenvalue weighted by Crippen LogP contribution is 2.35. The van der Waals surface area contributed by atoms with Gasteiger partial charge < -0.3 is 4.74 Å². The van der Waals surface area contributed by atoms with Gasteiger partial charge in [0, 0.05) is 12.5 Å². The smallest absolute Gasteiger partial charge is 0.155 e. The molecule has 0 aliphatic heterocycles. The molecular weight excluding hydrogens is 287 g/mol. The zero-order valence-corrected chi connectivity index (χ0v) is 12.7. The van der Waals surface area contributed by atoms with E-state index in [1.807, 2.05) is 48.5 Å². The molecule has 0 radical (unpaired) electrons. The molecule has 21 heavy (non-hydrogen) atoms. The lowest BCUT2D eigenvalue weighted by Gasteiger charge is -2.22. The minimum Gasteiger partial charge on any atom is -0.370 e. The van der Waals surface area contributed by atoms with E-state index in [2.05, 4.69) is 0 Å². The van der Waals surface area contributed by atoms with Crippen LogP contribution in [0, 0.1) is 0 Å². The molecule has 0 aliphatic rings. The first-order valence-electron chi connectivity index (χ1n) is 7.24. The number of ether oxygens (including phenoxy) is 1. The first-order chi connectivity index (χ1) is 10.3. The van der Waals surface area contributed by atoms with Crippen LogP contribution in [-0.4, -0.2) is 12.5 Å². The highest BCUT2D eigenvalue weighted by molar-refractivity contribution is 6.17. The summed E-state index contributed by atoms with van der Waals surface area (Å²) in [7, 11) is 0. The molecule has 0 saturated heterocycles. The first-order valence-corrected chi connectivity index (χ1v) is 7.78. The van der Waals surface area contributed by atoms with Gasteiger partial charge in [0.25, 0.3) is 0 Å². The van der Waals surface area contributed by atoms with Gasteiger partial charge in [-0.25, -0.2) is 4.39 Å². The van der Waals surface area contributed by atoms with Crippen LogP contribution in [0.3, 0.4) is 0 Å². The molecule has 3 heteroatoms. The van der Waals surface area contributed by atoms with Crippen molar-refractivity contribution in [2.24, 2.45) is 0 Å². The van der Waals surface area contributed by atoms with Crippen molar-refractivity contribution in [3.8, 4) is 0 Å². The van der Waals surface area contributed by atoms with Crippen molar-refractivity contribution >= 4 is 11.6 Å². The molecule has 2 aromatic rings. The maximum Gasteiger partial charge on any atom is 0.155 e. The Bertz CT molecular complexity index is 503. The lowest BCUT2D eigenvalue weighted by Crippen LogP contribution is -2.12. The number of hydrogen-bond donors (Lipinski definition) is 0. The van der Waals surface area contributed by atoms with E-state index in [4.69, 9.17) is 16.3 Å². The molecule has 0 saturated carbocycles. The summed E-state index contributed by atoms with van der Waals surface area (Å²) >= 11 is 5.66. The Morgan fingerprint density at radius 2 is 1.43 bits per heavy atom. The van der Waals surface area contributed by atoms with Gasteiger partial charge in [0.2, 0.25) is 0 Å². The number of halogens is 2. The lowest BCUT2D eigenvalue weighted by atomic mass is 9.99. The summed E-state index contributed by atoms with van der Waals surface area (Å²) in [6, 6.07) is 18.7. The Hall–Kier alpha value is -1.38. The van der Waals surface area contributed by atoms with Gasteiger partial charge in [0.15, 0.2) is 6.17 Å². The van der Waals surface area contributed by atoms with E-state index in [9.17, 15) is 4.39 Å². The number of alkyl halides is 2. The Labute approximate surface area is 130 Å². The Morgan fingerprint density at radius 3 is 2.00 bits per heavy atom. The van der Waals surface area contributed by atoms with Gasteiger partial charge in [-0.3, -0.25) is 0 Å². The second-order valence-corrected chi connectivity index (χ2v) is 5.29. The molecule has 0 N–H and O–H groups in total. The average molecular weight is 307 g/mol. The Morgan fingerprint density at radius 1 is 0.857 bits per heavy atom. The third-order valence-electron chi connectivity index (χ3n) is 3.34. The van der Waals surface area contributed by atoms with Crippen LogP contribution in [-0.2, 0) is 4.74 Å². The molecule has 0 aliphatic carbocycles. The SMILES string of the molecule is FC(c1ccccc1)C(OCCCCCl)c1ccccc1. The molecule has 0 aromatic heterocycles. The van der Waals surface area contributed by atoms with E-state index < -0.39 is 12.3 Å². The maximum atomic E-state index is 14.8. The van der Waals surface area contributed by atoms with Crippen molar-refractivity contribution < 1.29 is 9.13 Å². The zero-order chi connectivity index (χ0) is 14.9. The standard InChI is InChI=1S/C18H20ClFO/c19-13-7-8-14-21-18(16-11-5-2-6-12-16)17(20)15-9-3-1-4-10-15/h1-6,9-12,17-18H,7-8,13-14H2. The van der Waals surface area contributed by atoms with Gasteiger partial charge in [-0.05, 0) is 24.0 Å². The minimum absolute atomic E-state index is 0.513. The number of benzene rings is 2. The molecule has 2 unspecified atom stereocenters. The summed E-state index contributed by atoms with van der Waals surface area (Å²) in [4.78, 5) is 0. The third-order valence-corrected chi connectivity index (χ3v) is 3.60. The van der Waals surface area contributed by atoms with Crippen LogP contribution in [0.25, 0.3) is 0 Å². The van der Waals surface area contributed by atoms with E-state index in [-0.39, 0.29) is 0 Å². The molecule has 2 aromatic carbocycles. The fourth-order valence-electron chi connectivity index (χ4n) is 2.21.